The second-order valence-electron chi connectivity index (χ2n) is 7.05. The number of nitrogens with one attached hydrogen (secondary N) is 2. The molecule has 0 fully saturated rings. The van der Waals surface area contributed by atoms with Gasteiger partial charge in [-0.2, -0.15) is 0 Å². The quantitative estimate of drug-likeness (QED) is 0.245. The van der Waals surface area contributed by atoms with Crippen LogP contribution in [0.2, 0.25) is 5.02 Å². The number of hydrogen-bond donors (Lipinski definition) is 2. The van der Waals surface area contributed by atoms with Crippen LogP contribution >= 0.6 is 11.6 Å². The summed E-state index contributed by atoms with van der Waals surface area (Å²) in [5.74, 6) is -0.461. The van der Waals surface area contributed by atoms with Crippen LogP contribution in [0.15, 0.2) is 77.7 Å². The van der Waals surface area contributed by atoms with Crippen molar-refractivity contribution in [3.8, 4) is 0 Å². The molecule has 0 saturated carbocycles. The van der Waals surface area contributed by atoms with Crippen LogP contribution in [-0.4, -0.2) is 32.5 Å². The molecule has 0 aliphatic carbocycles. The van der Waals surface area contributed by atoms with E-state index in [4.69, 9.17) is 11.6 Å². The van der Waals surface area contributed by atoms with Crippen LogP contribution < -0.4 is 14.9 Å². The maximum atomic E-state index is 13.4. The first kappa shape index (κ1) is 25.1. The fourth-order valence-electron chi connectivity index (χ4n) is 3.01. The lowest BCUT2D eigenvalue weighted by molar-refractivity contribution is -0.384. The molecule has 0 bridgehead atoms. The molecular weight excluding hydrogens is 487 g/mol. The number of halogens is 2. The highest BCUT2D eigenvalue weighted by Crippen LogP contribution is 2.27. The molecule has 0 unspecified atom stereocenters. The molecule has 3 rings (SSSR count). The number of hydrogen-bond acceptors (Lipinski definition) is 5. The van der Waals surface area contributed by atoms with Crippen molar-refractivity contribution >= 4 is 44.7 Å². The van der Waals surface area contributed by atoms with E-state index in [1.807, 2.05) is 0 Å². The highest BCUT2D eigenvalue weighted by molar-refractivity contribution is 7.89. The van der Waals surface area contributed by atoms with E-state index in [0.29, 0.717) is 11.4 Å². The SMILES string of the molecule is O=C(Nc1ccccc1)N(CCCNS(=O)(=O)c1ccc(Cl)c([N+](=O)[O-])c1)c1ccc(F)cc1. The zero-order valence-corrected chi connectivity index (χ0v) is 19.2. The van der Waals surface area contributed by atoms with Crippen molar-refractivity contribution in [1.82, 2.24) is 4.72 Å². The first-order chi connectivity index (χ1) is 16.2. The Hall–Kier alpha value is -3.54. The summed E-state index contributed by atoms with van der Waals surface area (Å²) >= 11 is 5.73. The van der Waals surface area contributed by atoms with Crippen LogP contribution in [0.4, 0.5) is 26.2 Å². The normalized spacial score (nSPS) is 11.1. The summed E-state index contributed by atoms with van der Waals surface area (Å²) in [4.78, 5) is 24.2. The number of para-hydroxylation sites is 1. The Morgan fingerprint density at radius 2 is 1.74 bits per heavy atom. The summed E-state index contributed by atoms with van der Waals surface area (Å²) in [6.07, 6.45) is 0.203. The molecule has 0 saturated heterocycles. The zero-order valence-electron chi connectivity index (χ0n) is 17.6. The molecule has 2 N–H and O–H groups in total. The number of nitro benzene ring substituents is 1. The van der Waals surface area contributed by atoms with E-state index in [1.54, 1.807) is 30.3 Å². The predicted octanol–water partition coefficient (Wildman–Crippen LogP) is 4.79. The lowest BCUT2D eigenvalue weighted by Crippen LogP contribution is -2.37. The van der Waals surface area contributed by atoms with Gasteiger partial charge in [0.15, 0.2) is 0 Å². The lowest BCUT2D eigenvalue weighted by atomic mass is 10.2. The Balaban J connectivity index is 1.68. The van der Waals surface area contributed by atoms with Crippen molar-refractivity contribution in [3.05, 3.63) is 93.8 Å². The van der Waals surface area contributed by atoms with Crippen LogP contribution in [0.5, 0.6) is 0 Å². The predicted molar refractivity (Wildman–Crippen MR) is 127 cm³/mol. The number of rotatable bonds is 9. The second-order valence-corrected chi connectivity index (χ2v) is 9.22. The van der Waals surface area contributed by atoms with Gasteiger partial charge in [0.05, 0.1) is 9.82 Å². The average molecular weight is 507 g/mol. The third-order valence-corrected chi connectivity index (χ3v) is 6.46. The summed E-state index contributed by atoms with van der Waals surface area (Å²) in [5, 5.41) is 13.6. The molecule has 9 nitrogen and oxygen atoms in total. The number of carbonyl (C=O) groups excluding carboxylic acids is 1. The van der Waals surface area contributed by atoms with Crippen molar-refractivity contribution in [1.29, 1.82) is 0 Å². The molecule has 12 heteroatoms. The molecule has 3 aromatic carbocycles. The Morgan fingerprint density at radius 3 is 2.38 bits per heavy atom. The van der Waals surface area contributed by atoms with Crippen LogP contribution in [0.25, 0.3) is 0 Å². The van der Waals surface area contributed by atoms with E-state index in [0.717, 1.165) is 18.2 Å². The van der Waals surface area contributed by atoms with Gasteiger partial charge >= 0.3 is 6.03 Å². The van der Waals surface area contributed by atoms with Gasteiger partial charge in [0.1, 0.15) is 10.8 Å². The van der Waals surface area contributed by atoms with Gasteiger partial charge in [-0.3, -0.25) is 15.0 Å². The number of urea groups is 1. The van der Waals surface area contributed by atoms with E-state index < -0.39 is 32.5 Å². The van der Waals surface area contributed by atoms with Crippen molar-refractivity contribution in [3.63, 3.8) is 0 Å². The highest BCUT2D eigenvalue weighted by Gasteiger charge is 2.21. The lowest BCUT2D eigenvalue weighted by Gasteiger charge is -2.23. The van der Waals surface area contributed by atoms with Gasteiger partial charge in [0.25, 0.3) is 5.69 Å². The minimum Gasteiger partial charge on any atom is -0.308 e. The number of amides is 2. The molecule has 0 aliphatic heterocycles. The first-order valence-corrected chi connectivity index (χ1v) is 11.9. The number of nitrogens with zero attached hydrogens (tertiary/aromatic N) is 2. The summed E-state index contributed by atoms with van der Waals surface area (Å²) in [5.41, 5.74) is 0.459. The van der Waals surface area contributed by atoms with E-state index in [1.165, 1.54) is 29.2 Å². The number of anilines is 2. The molecule has 2 amide bonds. The topological polar surface area (TPSA) is 122 Å². The zero-order chi connectivity index (χ0) is 24.7. The molecule has 0 heterocycles. The summed E-state index contributed by atoms with van der Waals surface area (Å²) in [7, 11) is -4.05. The van der Waals surface area contributed by atoms with Crippen molar-refractivity contribution in [2.45, 2.75) is 11.3 Å². The second kappa shape index (κ2) is 11.1. The minimum absolute atomic E-state index is 0.0604. The van der Waals surface area contributed by atoms with Crippen LogP contribution in [0.3, 0.4) is 0 Å². The molecular formula is C22H20ClFN4O5S. The van der Waals surface area contributed by atoms with Crippen LogP contribution in [0, 0.1) is 15.9 Å². The molecule has 0 spiro atoms. The Bertz CT molecular complexity index is 1270. The van der Waals surface area contributed by atoms with Crippen molar-refractivity contribution < 1.29 is 22.5 Å². The Morgan fingerprint density at radius 1 is 1.06 bits per heavy atom. The number of carbonyl (C=O) groups is 1. The Labute approximate surface area is 200 Å². The van der Waals surface area contributed by atoms with Crippen LogP contribution in [-0.2, 0) is 10.0 Å². The molecule has 178 valence electrons. The van der Waals surface area contributed by atoms with Gasteiger partial charge in [0, 0.05) is 30.5 Å². The summed E-state index contributed by atoms with van der Waals surface area (Å²) in [6.45, 7) is 0.0443. The highest BCUT2D eigenvalue weighted by atomic mass is 35.5. The maximum Gasteiger partial charge on any atom is 0.326 e. The van der Waals surface area contributed by atoms with Gasteiger partial charge < -0.3 is 5.32 Å². The summed E-state index contributed by atoms with van der Waals surface area (Å²) in [6, 6.07) is 16.7. The monoisotopic (exact) mass is 506 g/mol. The van der Waals surface area contributed by atoms with E-state index in [-0.39, 0.29) is 29.4 Å². The third-order valence-electron chi connectivity index (χ3n) is 4.68. The first-order valence-electron chi connectivity index (χ1n) is 10.00. The maximum absolute atomic E-state index is 13.4. The average Bonchev–Trinajstić information content (AvgIpc) is 2.80. The molecule has 0 aliphatic rings. The Kier molecular flexibility index (Phi) is 8.16. The van der Waals surface area contributed by atoms with Gasteiger partial charge in [-0.15, -0.1) is 0 Å². The van der Waals surface area contributed by atoms with E-state index in [9.17, 15) is 27.7 Å². The number of benzene rings is 3. The third kappa shape index (κ3) is 6.50. The van der Waals surface area contributed by atoms with Crippen molar-refractivity contribution in [2.75, 3.05) is 23.3 Å². The van der Waals surface area contributed by atoms with Crippen LogP contribution in [0.1, 0.15) is 6.42 Å². The van der Waals surface area contributed by atoms with Gasteiger partial charge in [-0.05, 0) is 55.0 Å². The summed E-state index contributed by atoms with van der Waals surface area (Å²) < 4.78 is 40.8. The molecule has 0 atom stereocenters. The molecule has 0 radical (unpaired) electrons. The number of nitro groups is 1. The smallest absolute Gasteiger partial charge is 0.308 e. The van der Waals surface area contributed by atoms with Gasteiger partial charge in [-0.1, -0.05) is 29.8 Å². The molecule has 0 aromatic heterocycles. The fraction of sp³-hybridized carbons (Fsp3) is 0.136. The minimum atomic E-state index is -4.05. The van der Waals surface area contributed by atoms with E-state index in [2.05, 4.69) is 10.0 Å². The number of sulfonamides is 1. The standard InChI is InChI=1S/C22H20ClFN4O5S/c23-20-12-11-19(15-21(20)28(30)31)34(32,33)25-13-4-14-27(18-9-7-16(24)8-10-18)22(29)26-17-5-2-1-3-6-17/h1-3,5-12,15,25H,4,13-14H2,(H,26,29). The van der Waals surface area contributed by atoms with Gasteiger partial charge in [-0.25, -0.2) is 22.3 Å². The van der Waals surface area contributed by atoms with E-state index >= 15 is 0 Å². The fourth-order valence-corrected chi connectivity index (χ4v) is 4.29. The van der Waals surface area contributed by atoms with Crippen molar-refractivity contribution in [2.24, 2.45) is 0 Å². The largest absolute Gasteiger partial charge is 0.326 e. The molecule has 3 aromatic rings. The van der Waals surface area contributed by atoms with Gasteiger partial charge in [0.2, 0.25) is 10.0 Å². The molecule has 34 heavy (non-hydrogen) atoms.